The molecule has 7 heteroatoms. The zero-order chi connectivity index (χ0) is 15.1. The van der Waals surface area contributed by atoms with Crippen molar-refractivity contribution in [2.24, 2.45) is 11.5 Å². The zero-order valence-electron chi connectivity index (χ0n) is 10.6. The van der Waals surface area contributed by atoms with Crippen molar-refractivity contribution in [2.45, 2.75) is 0 Å². The average molecular weight is 283 g/mol. The van der Waals surface area contributed by atoms with E-state index in [0.717, 1.165) is 6.07 Å². The molecule has 2 amide bonds. The van der Waals surface area contributed by atoms with Gasteiger partial charge in [-0.1, -0.05) is 6.07 Å². The summed E-state index contributed by atoms with van der Waals surface area (Å²) in [5.41, 5.74) is 10.8. The summed E-state index contributed by atoms with van der Waals surface area (Å²) in [5, 5.41) is 0. The molecule has 1 aliphatic carbocycles. The molecule has 0 saturated heterocycles. The number of amides is 2. The minimum absolute atomic E-state index is 0.0672. The van der Waals surface area contributed by atoms with Gasteiger partial charge in [0.1, 0.15) is 11.2 Å². The molecule has 0 bridgehead atoms. The number of carbonyl (C=O) groups is 2. The number of rotatable bonds is 2. The number of nitrogens with zero attached hydrogens (tertiary/aromatic N) is 1. The van der Waals surface area contributed by atoms with Crippen molar-refractivity contribution in [3.05, 3.63) is 51.7 Å². The Morgan fingerprint density at radius 3 is 2.43 bits per heavy atom. The molecular weight excluding hydrogens is 274 g/mol. The number of aromatic nitrogens is 1. The first-order valence-electron chi connectivity index (χ1n) is 5.94. The minimum atomic E-state index is -0.809. The molecule has 2 aliphatic rings. The van der Waals surface area contributed by atoms with Crippen LogP contribution in [0, 0.1) is 0 Å². The fourth-order valence-corrected chi connectivity index (χ4v) is 2.11. The summed E-state index contributed by atoms with van der Waals surface area (Å²) in [6.45, 7) is 0. The molecular formula is C14H9N3O4. The molecule has 0 radical (unpaired) electrons. The summed E-state index contributed by atoms with van der Waals surface area (Å²) < 4.78 is 5.53. The maximum Gasteiger partial charge on any atom is 0.251 e. The van der Waals surface area contributed by atoms with Gasteiger partial charge in [0, 0.05) is 12.1 Å². The molecule has 4 N–H and O–H groups in total. The average Bonchev–Trinajstić information content (AvgIpc) is 2.43. The molecule has 1 heterocycles. The van der Waals surface area contributed by atoms with Crippen LogP contribution in [0.15, 0.2) is 39.5 Å². The van der Waals surface area contributed by atoms with Crippen LogP contribution in [0.5, 0.6) is 0 Å². The normalized spacial score (nSPS) is 10.9. The summed E-state index contributed by atoms with van der Waals surface area (Å²) >= 11 is 0. The Kier molecular flexibility index (Phi) is 2.69. The van der Waals surface area contributed by atoms with Gasteiger partial charge in [-0.05, 0) is 12.1 Å². The van der Waals surface area contributed by atoms with Gasteiger partial charge in [0.2, 0.25) is 0 Å². The van der Waals surface area contributed by atoms with Crippen molar-refractivity contribution in [2.75, 3.05) is 0 Å². The van der Waals surface area contributed by atoms with Gasteiger partial charge in [-0.15, -0.1) is 0 Å². The van der Waals surface area contributed by atoms with E-state index in [9.17, 15) is 14.4 Å². The van der Waals surface area contributed by atoms with Crippen LogP contribution in [-0.2, 0) is 0 Å². The van der Waals surface area contributed by atoms with Crippen molar-refractivity contribution in [1.29, 1.82) is 0 Å². The Morgan fingerprint density at radius 1 is 1.05 bits per heavy atom. The molecule has 3 rings (SSSR count). The third-order valence-electron chi connectivity index (χ3n) is 3.02. The molecule has 1 aromatic rings. The second-order valence-corrected chi connectivity index (χ2v) is 4.41. The number of nitrogens with two attached hydrogens (primary N) is 2. The third kappa shape index (κ3) is 2.00. The molecule has 0 aromatic heterocycles. The predicted octanol–water partition coefficient (Wildman–Crippen LogP) is 0.491. The molecule has 0 spiro atoms. The SMILES string of the molecule is NC(=O)c1cc(=O)cc2oc3cccc(C(N)=O)c3nc1-2. The number of hydrogen-bond donors (Lipinski definition) is 2. The van der Waals surface area contributed by atoms with E-state index in [0.29, 0.717) is 0 Å². The maximum atomic E-state index is 11.6. The maximum absolute atomic E-state index is 11.6. The monoisotopic (exact) mass is 283 g/mol. The van der Waals surface area contributed by atoms with Crippen molar-refractivity contribution in [3.8, 4) is 11.5 Å². The molecule has 0 unspecified atom stereocenters. The number of hydrogen-bond acceptors (Lipinski definition) is 5. The van der Waals surface area contributed by atoms with Gasteiger partial charge in [0.25, 0.3) is 11.8 Å². The Bertz CT molecular complexity index is 929. The highest BCUT2D eigenvalue weighted by atomic mass is 16.3. The molecule has 104 valence electrons. The highest BCUT2D eigenvalue weighted by Crippen LogP contribution is 2.27. The largest absolute Gasteiger partial charge is 0.453 e. The van der Waals surface area contributed by atoms with Crippen LogP contribution in [0.25, 0.3) is 22.6 Å². The molecule has 1 aromatic carbocycles. The highest BCUT2D eigenvalue weighted by Gasteiger charge is 2.20. The first-order valence-corrected chi connectivity index (χ1v) is 5.94. The number of benzene rings is 2. The van der Waals surface area contributed by atoms with Gasteiger partial charge in [-0.2, -0.15) is 0 Å². The van der Waals surface area contributed by atoms with Crippen LogP contribution in [0.1, 0.15) is 20.7 Å². The van der Waals surface area contributed by atoms with Crippen LogP contribution >= 0.6 is 0 Å². The zero-order valence-corrected chi connectivity index (χ0v) is 10.6. The quantitative estimate of drug-likeness (QED) is 0.661. The molecule has 7 nitrogen and oxygen atoms in total. The lowest BCUT2D eigenvalue weighted by Gasteiger charge is -2.10. The number of carbonyl (C=O) groups excluding carboxylic acids is 2. The van der Waals surface area contributed by atoms with Crippen molar-refractivity contribution < 1.29 is 14.0 Å². The van der Waals surface area contributed by atoms with Crippen molar-refractivity contribution >= 4 is 22.9 Å². The summed E-state index contributed by atoms with van der Waals surface area (Å²) in [4.78, 5) is 38.6. The van der Waals surface area contributed by atoms with Gasteiger partial charge in [-0.3, -0.25) is 14.4 Å². The molecule has 0 atom stereocenters. The van der Waals surface area contributed by atoms with Gasteiger partial charge >= 0.3 is 0 Å². The van der Waals surface area contributed by atoms with Gasteiger partial charge in [-0.25, -0.2) is 4.98 Å². The lowest BCUT2D eigenvalue weighted by atomic mass is 10.1. The van der Waals surface area contributed by atoms with E-state index in [4.69, 9.17) is 15.9 Å². The van der Waals surface area contributed by atoms with E-state index < -0.39 is 17.2 Å². The second kappa shape index (κ2) is 4.41. The summed E-state index contributed by atoms with van der Waals surface area (Å²) in [6, 6.07) is 6.92. The van der Waals surface area contributed by atoms with Crippen molar-refractivity contribution in [1.82, 2.24) is 4.98 Å². The Morgan fingerprint density at radius 2 is 1.76 bits per heavy atom. The lowest BCUT2D eigenvalue weighted by Crippen LogP contribution is -2.18. The van der Waals surface area contributed by atoms with Crippen LogP contribution in [0.2, 0.25) is 0 Å². The smallest absolute Gasteiger partial charge is 0.251 e. The van der Waals surface area contributed by atoms with E-state index in [-0.39, 0.29) is 33.7 Å². The van der Waals surface area contributed by atoms with E-state index in [2.05, 4.69) is 4.98 Å². The van der Waals surface area contributed by atoms with Crippen LogP contribution in [-0.4, -0.2) is 16.8 Å². The molecule has 1 aliphatic heterocycles. The predicted molar refractivity (Wildman–Crippen MR) is 73.9 cm³/mol. The van der Waals surface area contributed by atoms with Crippen molar-refractivity contribution in [3.63, 3.8) is 0 Å². The standard InChI is InChI=1S/C14H9N3O4/c15-13(19)7-2-1-3-9-11(7)17-12-8(14(16)20)4-6(18)5-10(12)21-9/h1-5H,(H2,15,19)(H2,16,20). The summed E-state index contributed by atoms with van der Waals surface area (Å²) in [5.74, 6) is -1.37. The minimum Gasteiger partial charge on any atom is -0.453 e. The molecule has 21 heavy (non-hydrogen) atoms. The van der Waals surface area contributed by atoms with Crippen LogP contribution in [0.4, 0.5) is 0 Å². The molecule has 0 fully saturated rings. The highest BCUT2D eigenvalue weighted by molar-refractivity contribution is 6.05. The number of primary amides is 2. The topological polar surface area (TPSA) is 129 Å². The number of para-hydroxylation sites is 1. The van der Waals surface area contributed by atoms with E-state index >= 15 is 0 Å². The summed E-state index contributed by atoms with van der Waals surface area (Å²) in [6.07, 6.45) is 0. The first kappa shape index (κ1) is 12.8. The Hall–Kier alpha value is -3.22. The summed E-state index contributed by atoms with van der Waals surface area (Å²) in [7, 11) is 0. The number of fused-ring (bicyclic) bond motifs is 2. The Balaban J connectivity index is 2.50. The van der Waals surface area contributed by atoms with Gasteiger partial charge in [0.05, 0.1) is 11.1 Å². The third-order valence-corrected chi connectivity index (χ3v) is 3.02. The first-order chi connectivity index (χ1) is 9.97. The fourth-order valence-electron chi connectivity index (χ4n) is 2.11. The Labute approximate surface area is 117 Å². The lowest BCUT2D eigenvalue weighted by molar-refractivity contribution is 0.0993. The van der Waals surface area contributed by atoms with E-state index in [1.807, 2.05) is 0 Å². The van der Waals surface area contributed by atoms with Gasteiger partial charge in [0.15, 0.2) is 16.8 Å². The van der Waals surface area contributed by atoms with Crippen LogP contribution < -0.4 is 16.9 Å². The van der Waals surface area contributed by atoms with E-state index in [1.165, 1.54) is 12.1 Å². The van der Waals surface area contributed by atoms with E-state index in [1.54, 1.807) is 12.1 Å². The van der Waals surface area contributed by atoms with Gasteiger partial charge < -0.3 is 15.9 Å². The molecule has 0 saturated carbocycles. The van der Waals surface area contributed by atoms with Crippen LogP contribution in [0.3, 0.4) is 0 Å². The second-order valence-electron chi connectivity index (χ2n) is 4.41. The fraction of sp³-hybridized carbons (Fsp3) is 0.